The lowest BCUT2D eigenvalue weighted by atomic mass is 10.1. The van der Waals surface area contributed by atoms with Crippen molar-refractivity contribution in [1.29, 1.82) is 0 Å². The molecule has 35 heavy (non-hydrogen) atoms. The van der Waals surface area contributed by atoms with Crippen LogP contribution in [0, 0.1) is 9.49 Å². The molecule has 2 amide bonds. The minimum absolute atomic E-state index is 0.161. The number of rotatable bonds is 10. The fourth-order valence-electron chi connectivity index (χ4n) is 3.03. The summed E-state index contributed by atoms with van der Waals surface area (Å²) in [5, 5.41) is 0.143. The van der Waals surface area contributed by atoms with Crippen LogP contribution in [0.2, 0.25) is 5.02 Å². The van der Waals surface area contributed by atoms with E-state index in [1.807, 2.05) is 39.0 Å². The highest BCUT2D eigenvalue weighted by Crippen LogP contribution is 2.38. The van der Waals surface area contributed by atoms with E-state index < -0.39 is 23.7 Å². The molecule has 0 unspecified atom stereocenters. The number of imide groups is 1. The quantitative estimate of drug-likeness (QED) is 0.177. The fourth-order valence-corrected chi connectivity index (χ4v) is 4.78. The summed E-state index contributed by atoms with van der Waals surface area (Å²) in [6.07, 6.45) is 1.61. The Bertz CT molecular complexity index is 1140. The zero-order valence-electron chi connectivity index (χ0n) is 19.5. The van der Waals surface area contributed by atoms with Crippen molar-refractivity contribution in [2.45, 2.75) is 27.4 Å². The zero-order valence-corrected chi connectivity index (χ0v) is 23.2. The molecule has 1 saturated heterocycles. The second-order valence-electron chi connectivity index (χ2n) is 8.02. The molecule has 0 saturated carbocycles. The van der Waals surface area contributed by atoms with Gasteiger partial charge < -0.3 is 14.2 Å². The van der Waals surface area contributed by atoms with Gasteiger partial charge in [0.1, 0.15) is 13.2 Å². The molecule has 0 spiro atoms. The van der Waals surface area contributed by atoms with Crippen molar-refractivity contribution in [2.24, 2.45) is 5.92 Å². The van der Waals surface area contributed by atoms with Crippen LogP contribution in [0.1, 0.15) is 31.9 Å². The summed E-state index contributed by atoms with van der Waals surface area (Å²) in [5.74, 6) is 0.126. The van der Waals surface area contributed by atoms with E-state index in [4.69, 9.17) is 25.8 Å². The van der Waals surface area contributed by atoms with E-state index in [0.717, 1.165) is 25.8 Å². The monoisotopic (exact) mass is 629 g/mol. The normalized spacial score (nSPS) is 14.7. The van der Waals surface area contributed by atoms with Gasteiger partial charge in [0.2, 0.25) is 0 Å². The SMILES string of the molecule is CCOc1cc(/C=C2/SC(=O)N(CC(=O)OCC(C)C)C2=O)cc(I)c1OCc1ccc(Cl)cc1. The van der Waals surface area contributed by atoms with Crippen LogP contribution in [-0.2, 0) is 20.9 Å². The van der Waals surface area contributed by atoms with Gasteiger partial charge >= 0.3 is 5.97 Å². The van der Waals surface area contributed by atoms with Crippen molar-refractivity contribution < 1.29 is 28.6 Å². The molecule has 2 aromatic carbocycles. The van der Waals surface area contributed by atoms with Gasteiger partial charge in [-0.25, -0.2) is 0 Å². The molecular formula is C25H25ClINO6S. The minimum atomic E-state index is -0.613. The van der Waals surface area contributed by atoms with E-state index in [9.17, 15) is 14.4 Å². The second kappa shape index (κ2) is 12.6. The molecule has 1 aliphatic rings. The molecule has 0 bridgehead atoms. The molecule has 7 nitrogen and oxygen atoms in total. The van der Waals surface area contributed by atoms with E-state index in [-0.39, 0.29) is 17.4 Å². The van der Waals surface area contributed by atoms with Crippen LogP contribution in [0.15, 0.2) is 41.3 Å². The molecule has 0 radical (unpaired) electrons. The Morgan fingerprint density at radius 1 is 1.17 bits per heavy atom. The first kappa shape index (κ1) is 27.3. The Kier molecular flexibility index (Phi) is 9.88. The third-order valence-corrected chi connectivity index (χ3v) is 6.63. The van der Waals surface area contributed by atoms with Crippen molar-refractivity contribution in [3.05, 3.63) is 61.0 Å². The number of hydrogen-bond acceptors (Lipinski definition) is 7. The summed E-state index contributed by atoms with van der Waals surface area (Å²) in [6.45, 7) is 6.25. The molecule has 1 fully saturated rings. The van der Waals surface area contributed by atoms with Gasteiger partial charge in [-0.15, -0.1) is 0 Å². The first-order valence-electron chi connectivity index (χ1n) is 10.9. The predicted octanol–water partition coefficient (Wildman–Crippen LogP) is 6.16. The largest absolute Gasteiger partial charge is 0.490 e. The first-order chi connectivity index (χ1) is 16.7. The maximum atomic E-state index is 12.8. The molecule has 1 heterocycles. The van der Waals surface area contributed by atoms with Gasteiger partial charge in [-0.05, 0) is 88.7 Å². The number of halogens is 2. The number of carbonyl (C=O) groups excluding carboxylic acids is 3. The van der Waals surface area contributed by atoms with Crippen LogP contribution in [0.5, 0.6) is 11.5 Å². The minimum Gasteiger partial charge on any atom is -0.490 e. The van der Waals surface area contributed by atoms with Crippen LogP contribution >= 0.6 is 46.0 Å². The second-order valence-corrected chi connectivity index (χ2v) is 10.6. The Labute approximate surface area is 227 Å². The van der Waals surface area contributed by atoms with Crippen molar-refractivity contribution in [1.82, 2.24) is 4.90 Å². The molecule has 0 atom stereocenters. The zero-order chi connectivity index (χ0) is 25.5. The highest BCUT2D eigenvalue weighted by atomic mass is 127. The molecule has 10 heteroatoms. The van der Waals surface area contributed by atoms with E-state index in [2.05, 4.69) is 22.6 Å². The third kappa shape index (κ3) is 7.62. The van der Waals surface area contributed by atoms with Crippen molar-refractivity contribution in [3.63, 3.8) is 0 Å². The fraction of sp³-hybridized carbons (Fsp3) is 0.320. The van der Waals surface area contributed by atoms with Gasteiger partial charge in [-0.1, -0.05) is 37.6 Å². The smallest absolute Gasteiger partial charge is 0.326 e. The molecule has 0 N–H and O–H groups in total. The van der Waals surface area contributed by atoms with Crippen molar-refractivity contribution in [3.8, 4) is 11.5 Å². The van der Waals surface area contributed by atoms with Crippen LogP contribution < -0.4 is 9.47 Å². The summed E-state index contributed by atoms with van der Waals surface area (Å²) in [7, 11) is 0. The summed E-state index contributed by atoms with van der Waals surface area (Å²) in [5.41, 5.74) is 1.63. The summed E-state index contributed by atoms with van der Waals surface area (Å²) in [4.78, 5) is 38.3. The van der Waals surface area contributed by atoms with E-state index >= 15 is 0 Å². The van der Waals surface area contributed by atoms with Gasteiger partial charge in [0.05, 0.1) is 21.7 Å². The van der Waals surface area contributed by atoms with E-state index in [1.165, 1.54) is 0 Å². The molecule has 0 aromatic heterocycles. The molecule has 186 valence electrons. The lowest BCUT2D eigenvalue weighted by molar-refractivity contribution is -0.147. The molecular weight excluding hydrogens is 605 g/mol. The van der Waals surface area contributed by atoms with Crippen molar-refractivity contribution in [2.75, 3.05) is 19.8 Å². The highest BCUT2D eigenvalue weighted by molar-refractivity contribution is 14.1. The number of amides is 2. The van der Waals surface area contributed by atoms with Crippen LogP contribution in [0.4, 0.5) is 4.79 Å². The Hall–Kier alpha value is -2.24. The number of nitrogens with zero attached hydrogens (tertiary/aromatic N) is 1. The summed E-state index contributed by atoms with van der Waals surface area (Å²) < 4.78 is 17.7. The predicted molar refractivity (Wildman–Crippen MR) is 145 cm³/mol. The third-order valence-electron chi connectivity index (χ3n) is 4.66. The number of benzene rings is 2. The topological polar surface area (TPSA) is 82.1 Å². The molecule has 3 rings (SSSR count). The highest BCUT2D eigenvalue weighted by Gasteiger charge is 2.36. The number of hydrogen-bond donors (Lipinski definition) is 0. The average molecular weight is 630 g/mol. The number of thioether (sulfide) groups is 1. The van der Waals surface area contributed by atoms with Crippen LogP contribution in [0.25, 0.3) is 6.08 Å². The summed E-state index contributed by atoms with van der Waals surface area (Å²) >= 11 is 8.88. The Morgan fingerprint density at radius 2 is 1.89 bits per heavy atom. The average Bonchev–Trinajstić information content (AvgIpc) is 3.05. The maximum Gasteiger partial charge on any atom is 0.326 e. The molecule has 2 aromatic rings. The standard InChI is InChI=1S/C25H25ClINO6S/c1-4-32-20-10-17(9-19(27)23(20)34-14-16-5-7-18(26)8-6-16)11-21-24(30)28(25(31)35-21)12-22(29)33-13-15(2)3/h5-11,15H,4,12-14H2,1-3H3/b21-11+. The van der Waals surface area contributed by atoms with E-state index in [1.54, 1.807) is 24.3 Å². The van der Waals surface area contributed by atoms with Gasteiger partial charge in [0.15, 0.2) is 11.5 Å². The van der Waals surface area contributed by atoms with Gasteiger partial charge in [0, 0.05) is 5.02 Å². The van der Waals surface area contributed by atoms with Gasteiger partial charge in [-0.2, -0.15) is 0 Å². The van der Waals surface area contributed by atoms with E-state index in [0.29, 0.717) is 35.3 Å². The van der Waals surface area contributed by atoms with Crippen LogP contribution in [0.3, 0.4) is 0 Å². The summed E-state index contributed by atoms with van der Waals surface area (Å²) in [6, 6.07) is 11.0. The lowest BCUT2D eigenvalue weighted by Crippen LogP contribution is -2.34. The van der Waals surface area contributed by atoms with Crippen molar-refractivity contribution >= 4 is 69.1 Å². The van der Waals surface area contributed by atoms with Gasteiger partial charge in [-0.3, -0.25) is 19.3 Å². The number of carbonyl (C=O) groups is 3. The maximum absolute atomic E-state index is 12.8. The lowest BCUT2D eigenvalue weighted by Gasteiger charge is -2.15. The molecule has 1 aliphatic heterocycles. The van der Waals surface area contributed by atoms with Crippen LogP contribution in [-0.4, -0.2) is 41.8 Å². The Balaban J connectivity index is 1.77. The molecule has 0 aliphatic carbocycles. The Morgan fingerprint density at radius 3 is 2.54 bits per heavy atom. The number of ether oxygens (including phenoxy) is 3. The van der Waals surface area contributed by atoms with Gasteiger partial charge in [0.25, 0.3) is 11.1 Å². The number of esters is 1. The first-order valence-corrected chi connectivity index (χ1v) is 13.2.